The van der Waals surface area contributed by atoms with Crippen molar-refractivity contribution >= 4 is 9.84 Å². The lowest BCUT2D eigenvalue weighted by atomic mass is 9.75. The Bertz CT molecular complexity index is 602. The van der Waals surface area contributed by atoms with Gasteiger partial charge in [0.2, 0.25) is 0 Å². The lowest BCUT2D eigenvalue weighted by Crippen LogP contribution is -2.47. The van der Waals surface area contributed by atoms with Crippen molar-refractivity contribution in [1.29, 1.82) is 0 Å². The molecular formula is C16H24O3S. The molecule has 112 valence electrons. The standard InChI is InChI=1S/C16H24O3S/c1-11-7-8-13(12(2)10-11)20(18,19)14-6-5-9-16(3,4)15(14)17/h7-8,10,14-15,17H,5-6,9H2,1-4H3. The number of benzene rings is 1. The molecule has 0 saturated heterocycles. The molecule has 3 nitrogen and oxygen atoms in total. The molecule has 0 radical (unpaired) electrons. The molecule has 0 heterocycles. The molecule has 0 amide bonds. The highest BCUT2D eigenvalue weighted by Gasteiger charge is 2.44. The Morgan fingerprint density at radius 1 is 1.25 bits per heavy atom. The molecule has 2 atom stereocenters. The summed E-state index contributed by atoms with van der Waals surface area (Å²) in [4.78, 5) is 0.366. The molecule has 1 saturated carbocycles. The fourth-order valence-electron chi connectivity index (χ4n) is 3.17. The van der Waals surface area contributed by atoms with Crippen LogP contribution >= 0.6 is 0 Å². The molecule has 0 aliphatic heterocycles. The first kappa shape index (κ1) is 15.5. The molecule has 2 rings (SSSR count). The van der Waals surface area contributed by atoms with Crippen LogP contribution in [0.3, 0.4) is 0 Å². The van der Waals surface area contributed by atoms with E-state index in [2.05, 4.69) is 0 Å². The van der Waals surface area contributed by atoms with Crippen molar-refractivity contribution in [3.8, 4) is 0 Å². The van der Waals surface area contributed by atoms with Gasteiger partial charge in [0.05, 0.1) is 16.2 Å². The van der Waals surface area contributed by atoms with E-state index in [-0.39, 0.29) is 5.41 Å². The second-order valence-corrected chi connectivity index (χ2v) is 8.81. The fraction of sp³-hybridized carbons (Fsp3) is 0.625. The van der Waals surface area contributed by atoms with E-state index >= 15 is 0 Å². The number of hydrogen-bond acceptors (Lipinski definition) is 3. The van der Waals surface area contributed by atoms with Gasteiger partial charge in [0.15, 0.2) is 9.84 Å². The largest absolute Gasteiger partial charge is 0.391 e. The molecule has 4 heteroatoms. The van der Waals surface area contributed by atoms with Gasteiger partial charge in [-0.05, 0) is 43.7 Å². The minimum atomic E-state index is -3.48. The quantitative estimate of drug-likeness (QED) is 0.912. The van der Waals surface area contributed by atoms with Crippen LogP contribution in [0.1, 0.15) is 44.2 Å². The molecule has 0 bridgehead atoms. The van der Waals surface area contributed by atoms with Crippen LogP contribution < -0.4 is 0 Å². The molecule has 1 N–H and O–H groups in total. The Kier molecular flexibility index (Phi) is 4.00. The van der Waals surface area contributed by atoms with Crippen molar-refractivity contribution in [2.24, 2.45) is 5.41 Å². The topological polar surface area (TPSA) is 54.4 Å². The van der Waals surface area contributed by atoms with E-state index in [4.69, 9.17) is 0 Å². The zero-order valence-corrected chi connectivity index (χ0v) is 13.5. The first-order valence-electron chi connectivity index (χ1n) is 7.15. The van der Waals surface area contributed by atoms with Gasteiger partial charge in [0, 0.05) is 0 Å². The summed E-state index contributed by atoms with van der Waals surface area (Å²) in [7, 11) is -3.48. The van der Waals surface area contributed by atoms with Gasteiger partial charge >= 0.3 is 0 Å². The maximum absolute atomic E-state index is 12.9. The van der Waals surface area contributed by atoms with E-state index in [0.29, 0.717) is 11.3 Å². The van der Waals surface area contributed by atoms with Crippen molar-refractivity contribution in [2.45, 2.75) is 63.2 Å². The SMILES string of the molecule is Cc1ccc(S(=O)(=O)C2CCCC(C)(C)C2O)c(C)c1. The maximum Gasteiger partial charge on any atom is 0.184 e. The van der Waals surface area contributed by atoms with E-state index in [1.807, 2.05) is 39.8 Å². The van der Waals surface area contributed by atoms with Crippen LogP contribution in [-0.4, -0.2) is 24.9 Å². The van der Waals surface area contributed by atoms with Crippen LogP contribution in [0.25, 0.3) is 0 Å². The number of rotatable bonds is 2. The molecule has 0 aromatic heterocycles. The summed E-state index contributed by atoms with van der Waals surface area (Å²) < 4.78 is 25.7. The van der Waals surface area contributed by atoms with Crippen molar-refractivity contribution in [2.75, 3.05) is 0 Å². The van der Waals surface area contributed by atoms with Crippen molar-refractivity contribution in [1.82, 2.24) is 0 Å². The normalized spacial score (nSPS) is 26.4. The van der Waals surface area contributed by atoms with Crippen LogP contribution in [0.4, 0.5) is 0 Å². The molecule has 1 aromatic rings. The summed E-state index contributed by atoms with van der Waals surface area (Å²) in [6.45, 7) is 7.66. The predicted octanol–water partition coefficient (Wildman–Crippen LogP) is 3.02. The maximum atomic E-state index is 12.9. The third kappa shape index (κ3) is 2.63. The van der Waals surface area contributed by atoms with Crippen LogP contribution in [-0.2, 0) is 9.84 Å². The summed E-state index contributed by atoms with van der Waals surface area (Å²) in [5.74, 6) is 0. The first-order chi connectivity index (χ1) is 9.16. The molecule has 2 unspecified atom stereocenters. The summed E-state index contributed by atoms with van der Waals surface area (Å²) in [5.41, 5.74) is 1.47. The smallest absolute Gasteiger partial charge is 0.184 e. The minimum absolute atomic E-state index is 0.339. The van der Waals surface area contributed by atoms with Crippen LogP contribution in [0.15, 0.2) is 23.1 Å². The highest BCUT2D eigenvalue weighted by Crippen LogP contribution is 2.40. The van der Waals surface area contributed by atoms with E-state index in [1.54, 1.807) is 6.07 Å². The molecule has 1 fully saturated rings. The van der Waals surface area contributed by atoms with E-state index < -0.39 is 21.2 Å². The van der Waals surface area contributed by atoms with E-state index in [9.17, 15) is 13.5 Å². The Labute approximate surface area is 121 Å². The predicted molar refractivity (Wildman–Crippen MR) is 80.5 cm³/mol. The Hall–Kier alpha value is -0.870. The molecule has 1 aromatic carbocycles. The first-order valence-corrected chi connectivity index (χ1v) is 8.70. The second-order valence-electron chi connectivity index (χ2n) is 6.68. The number of aryl methyl sites for hydroxylation is 2. The minimum Gasteiger partial charge on any atom is -0.391 e. The number of aliphatic hydroxyl groups is 1. The average Bonchev–Trinajstić information content (AvgIpc) is 2.31. The fourth-order valence-corrected chi connectivity index (χ4v) is 5.45. The average molecular weight is 296 g/mol. The van der Waals surface area contributed by atoms with Crippen molar-refractivity contribution in [3.63, 3.8) is 0 Å². The van der Waals surface area contributed by atoms with Gasteiger partial charge in [0.25, 0.3) is 0 Å². The lowest BCUT2D eigenvalue weighted by molar-refractivity contribution is 0.0167. The molecule has 1 aliphatic rings. The monoisotopic (exact) mass is 296 g/mol. The molecule has 1 aliphatic carbocycles. The summed E-state index contributed by atoms with van der Waals surface area (Å²) in [5, 5.41) is 9.77. The summed E-state index contributed by atoms with van der Waals surface area (Å²) in [6.07, 6.45) is 1.45. The van der Waals surface area contributed by atoms with Crippen molar-refractivity contribution in [3.05, 3.63) is 29.3 Å². The van der Waals surface area contributed by atoms with Gasteiger partial charge in [-0.2, -0.15) is 0 Å². The van der Waals surface area contributed by atoms with Gasteiger partial charge in [0.1, 0.15) is 0 Å². The third-order valence-corrected chi connectivity index (χ3v) is 6.86. The van der Waals surface area contributed by atoms with Gasteiger partial charge < -0.3 is 5.11 Å². The van der Waals surface area contributed by atoms with Crippen LogP contribution in [0.5, 0.6) is 0 Å². The number of aliphatic hydroxyl groups excluding tert-OH is 1. The van der Waals surface area contributed by atoms with Crippen LogP contribution in [0, 0.1) is 19.3 Å². The molecule has 0 spiro atoms. The molecule has 20 heavy (non-hydrogen) atoms. The zero-order valence-electron chi connectivity index (χ0n) is 12.7. The zero-order chi connectivity index (χ0) is 15.1. The Balaban J connectivity index is 2.44. The van der Waals surface area contributed by atoms with E-state index in [1.165, 1.54) is 0 Å². The van der Waals surface area contributed by atoms with Gasteiger partial charge in [-0.25, -0.2) is 8.42 Å². The van der Waals surface area contributed by atoms with Gasteiger partial charge in [-0.15, -0.1) is 0 Å². The highest BCUT2D eigenvalue weighted by molar-refractivity contribution is 7.92. The lowest BCUT2D eigenvalue weighted by Gasteiger charge is -2.40. The Morgan fingerprint density at radius 2 is 1.90 bits per heavy atom. The number of sulfone groups is 1. The van der Waals surface area contributed by atoms with E-state index in [0.717, 1.165) is 24.0 Å². The highest BCUT2D eigenvalue weighted by atomic mass is 32.2. The molecular weight excluding hydrogens is 272 g/mol. The second kappa shape index (κ2) is 5.15. The Morgan fingerprint density at radius 3 is 2.50 bits per heavy atom. The third-order valence-electron chi connectivity index (χ3n) is 4.50. The number of hydrogen-bond donors (Lipinski definition) is 1. The van der Waals surface area contributed by atoms with Crippen molar-refractivity contribution < 1.29 is 13.5 Å². The van der Waals surface area contributed by atoms with Gasteiger partial charge in [-0.1, -0.05) is 38.0 Å². The summed E-state index contributed by atoms with van der Waals surface area (Å²) in [6, 6.07) is 5.38. The van der Waals surface area contributed by atoms with Crippen LogP contribution in [0.2, 0.25) is 0 Å². The summed E-state index contributed by atoms with van der Waals surface area (Å²) >= 11 is 0. The van der Waals surface area contributed by atoms with Gasteiger partial charge in [-0.3, -0.25) is 0 Å².